The minimum absolute atomic E-state index is 0.0766. The van der Waals surface area contributed by atoms with Crippen molar-refractivity contribution in [1.29, 1.82) is 5.26 Å². The maximum absolute atomic E-state index is 11.6. The van der Waals surface area contributed by atoms with Crippen molar-refractivity contribution >= 4 is 22.2 Å². The minimum atomic E-state index is -0.280. The van der Waals surface area contributed by atoms with Crippen LogP contribution in [0.25, 0.3) is 0 Å². The fourth-order valence-corrected chi connectivity index (χ4v) is 2.08. The highest BCUT2D eigenvalue weighted by Crippen LogP contribution is 2.21. The zero-order valence-corrected chi connectivity index (χ0v) is 10.2. The van der Waals surface area contributed by atoms with E-state index >= 15 is 0 Å². The maximum atomic E-state index is 11.6. The van der Waals surface area contributed by atoms with Crippen molar-refractivity contribution in [2.24, 2.45) is 0 Å². The van der Waals surface area contributed by atoms with Gasteiger partial charge in [0, 0.05) is 0 Å². The summed E-state index contributed by atoms with van der Waals surface area (Å²) in [6.45, 7) is -0.0766. The molecule has 0 unspecified atom stereocenters. The van der Waals surface area contributed by atoms with Crippen LogP contribution < -0.4 is 10.1 Å². The maximum Gasteiger partial charge on any atom is 0.262 e. The molecule has 2 rings (SSSR count). The first-order valence-electron chi connectivity index (χ1n) is 5.25. The Hall–Kier alpha value is -2.32. The zero-order valence-electron chi connectivity index (χ0n) is 9.42. The van der Waals surface area contributed by atoms with Crippen molar-refractivity contribution in [1.82, 2.24) is 0 Å². The first-order chi connectivity index (χ1) is 8.79. The van der Waals surface area contributed by atoms with E-state index in [0.29, 0.717) is 16.3 Å². The van der Waals surface area contributed by atoms with Crippen LogP contribution in [0.2, 0.25) is 0 Å². The van der Waals surface area contributed by atoms with Gasteiger partial charge in [-0.3, -0.25) is 4.79 Å². The standard InChI is InChI=1S/C13H10N2O2S/c14-8-10-6-7-18-13(10)15-12(16)9-17-11-4-2-1-3-5-11/h1-7H,9H2,(H,15,16). The summed E-state index contributed by atoms with van der Waals surface area (Å²) in [4.78, 5) is 11.6. The fraction of sp³-hybridized carbons (Fsp3) is 0.0769. The van der Waals surface area contributed by atoms with Crippen LogP contribution in [0.1, 0.15) is 5.56 Å². The molecule has 1 aromatic heterocycles. The molecule has 1 heterocycles. The second-order valence-electron chi connectivity index (χ2n) is 3.43. The number of hydrogen-bond donors (Lipinski definition) is 1. The number of anilines is 1. The van der Waals surface area contributed by atoms with E-state index in [1.807, 2.05) is 24.3 Å². The summed E-state index contributed by atoms with van der Waals surface area (Å²) in [5.74, 6) is 0.358. The lowest BCUT2D eigenvalue weighted by atomic mass is 10.3. The van der Waals surface area contributed by atoms with E-state index in [4.69, 9.17) is 10.00 Å². The summed E-state index contributed by atoms with van der Waals surface area (Å²) in [5, 5.41) is 13.8. The van der Waals surface area contributed by atoms with Gasteiger partial charge >= 0.3 is 0 Å². The quantitative estimate of drug-likeness (QED) is 0.917. The highest BCUT2D eigenvalue weighted by atomic mass is 32.1. The van der Waals surface area contributed by atoms with Crippen molar-refractivity contribution < 1.29 is 9.53 Å². The SMILES string of the molecule is N#Cc1ccsc1NC(=O)COc1ccccc1. The molecular weight excluding hydrogens is 248 g/mol. The molecule has 0 aliphatic rings. The molecule has 0 atom stereocenters. The number of carbonyl (C=O) groups is 1. The third-order valence-electron chi connectivity index (χ3n) is 2.15. The summed E-state index contributed by atoms with van der Waals surface area (Å²) in [6, 6.07) is 12.8. The van der Waals surface area contributed by atoms with Crippen LogP contribution in [-0.2, 0) is 4.79 Å². The summed E-state index contributed by atoms with van der Waals surface area (Å²) < 4.78 is 5.30. The Labute approximate surface area is 108 Å². The monoisotopic (exact) mass is 258 g/mol. The van der Waals surface area contributed by atoms with Gasteiger partial charge in [-0.15, -0.1) is 11.3 Å². The normalized spacial score (nSPS) is 9.50. The van der Waals surface area contributed by atoms with Gasteiger partial charge in [-0.25, -0.2) is 0 Å². The molecule has 0 aliphatic heterocycles. The summed E-state index contributed by atoms with van der Waals surface area (Å²) in [6.07, 6.45) is 0. The van der Waals surface area contributed by atoms with Crippen molar-refractivity contribution in [3.05, 3.63) is 47.3 Å². The van der Waals surface area contributed by atoms with Crippen LogP contribution in [0.5, 0.6) is 5.75 Å². The topological polar surface area (TPSA) is 62.1 Å². The summed E-state index contributed by atoms with van der Waals surface area (Å²) in [7, 11) is 0. The summed E-state index contributed by atoms with van der Waals surface area (Å²) in [5.41, 5.74) is 0.466. The lowest BCUT2D eigenvalue weighted by Crippen LogP contribution is -2.19. The molecule has 1 N–H and O–H groups in total. The van der Waals surface area contributed by atoms with E-state index in [0.717, 1.165) is 0 Å². The van der Waals surface area contributed by atoms with Gasteiger partial charge in [-0.1, -0.05) is 18.2 Å². The molecular formula is C13H10N2O2S. The molecule has 4 nitrogen and oxygen atoms in total. The lowest BCUT2D eigenvalue weighted by molar-refractivity contribution is -0.118. The Kier molecular flexibility index (Phi) is 3.94. The Bertz CT molecular complexity index is 572. The molecule has 18 heavy (non-hydrogen) atoms. The first-order valence-corrected chi connectivity index (χ1v) is 6.13. The largest absolute Gasteiger partial charge is 0.484 e. The lowest BCUT2D eigenvalue weighted by Gasteiger charge is -2.06. The number of carbonyl (C=O) groups excluding carboxylic acids is 1. The zero-order chi connectivity index (χ0) is 12.8. The number of nitrogens with one attached hydrogen (secondary N) is 1. The number of ether oxygens (including phenoxy) is 1. The van der Waals surface area contributed by atoms with Crippen molar-refractivity contribution in [3.63, 3.8) is 0 Å². The van der Waals surface area contributed by atoms with Gasteiger partial charge in [0.2, 0.25) is 0 Å². The molecule has 1 aromatic carbocycles. The van der Waals surface area contributed by atoms with Gasteiger partial charge in [0.05, 0.1) is 5.56 Å². The molecule has 0 radical (unpaired) electrons. The molecule has 0 aliphatic carbocycles. The molecule has 90 valence electrons. The van der Waals surface area contributed by atoms with E-state index < -0.39 is 0 Å². The highest BCUT2D eigenvalue weighted by molar-refractivity contribution is 7.14. The van der Waals surface area contributed by atoms with Crippen LogP contribution in [0.15, 0.2) is 41.8 Å². The van der Waals surface area contributed by atoms with Crippen LogP contribution in [-0.4, -0.2) is 12.5 Å². The Balaban J connectivity index is 1.88. The molecule has 0 spiro atoms. The molecule has 5 heteroatoms. The number of nitriles is 1. The Morgan fingerprint density at radius 2 is 2.11 bits per heavy atom. The second kappa shape index (κ2) is 5.84. The molecule has 2 aromatic rings. The van der Waals surface area contributed by atoms with Crippen LogP contribution in [0.3, 0.4) is 0 Å². The number of amides is 1. The van der Waals surface area contributed by atoms with Gasteiger partial charge < -0.3 is 10.1 Å². The van der Waals surface area contributed by atoms with E-state index in [9.17, 15) is 4.79 Å². The fourth-order valence-electron chi connectivity index (χ4n) is 1.32. The van der Waals surface area contributed by atoms with E-state index in [-0.39, 0.29) is 12.5 Å². The summed E-state index contributed by atoms with van der Waals surface area (Å²) >= 11 is 1.31. The number of hydrogen-bond acceptors (Lipinski definition) is 4. The van der Waals surface area contributed by atoms with Crippen molar-refractivity contribution in [2.45, 2.75) is 0 Å². The number of nitrogens with zero attached hydrogens (tertiary/aromatic N) is 1. The average Bonchev–Trinajstić information content (AvgIpc) is 2.85. The van der Waals surface area contributed by atoms with Gasteiger partial charge in [0.25, 0.3) is 5.91 Å². The van der Waals surface area contributed by atoms with E-state index in [2.05, 4.69) is 5.32 Å². The van der Waals surface area contributed by atoms with Crippen LogP contribution in [0.4, 0.5) is 5.00 Å². The minimum Gasteiger partial charge on any atom is -0.484 e. The molecule has 0 saturated carbocycles. The van der Waals surface area contributed by atoms with E-state index in [1.54, 1.807) is 23.6 Å². The predicted octanol–water partition coefficient (Wildman–Crippen LogP) is 2.64. The Morgan fingerprint density at radius 1 is 1.33 bits per heavy atom. The smallest absolute Gasteiger partial charge is 0.262 e. The third-order valence-corrected chi connectivity index (χ3v) is 2.98. The predicted molar refractivity (Wildman–Crippen MR) is 69.6 cm³/mol. The van der Waals surface area contributed by atoms with Crippen molar-refractivity contribution in [2.75, 3.05) is 11.9 Å². The average molecular weight is 258 g/mol. The van der Waals surface area contributed by atoms with Gasteiger partial charge in [0.1, 0.15) is 16.8 Å². The molecule has 0 saturated heterocycles. The second-order valence-corrected chi connectivity index (χ2v) is 4.34. The van der Waals surface area contributed by atoms with Crippen molar-refractivity contribution in [3.8, 4) is 11.8 Å². The van der Waals surface area contributed by atoms with Crippen LogP contribution >= 0.6 is 11.3 Å². The molecule has 0 fully saturated rings. The third kappa shape index (κ3) is 3.09. The van der Waals surface area contributed by atoms with Crippen LogP contribution in [0, 0.1) is 11.3 Å². The van der Waals surface area contributed by atoms with Gasteiger partial charge in [-0.2, -0.15) is 5.26 Å². The van der Waals surface area contributed by atoms with Gasteiger partial charge in [-0.05, 0) is 23.6 Å². The first kappa shape index (κ1) is 12.1. The molecule has 0 bridgehead atoms. The number of rotatable bonds is 4. The number of thiophene rings is 1. The van der Waals surface area contributed by atoms with Gasteiger partial charge in [0.15, 0.2) is 6.61 Å². The molecule has 1 amide bonds. The highest BCUT2D eigenvalue weighted by Gasteiger charge is 2.08. The Morgan fingerprint density at radius 3 is 2.83 bits per heavy atom. The number of benzene rings is 1. The number of para-hydroxylation sites is 1. The van der Waals surface area contributed by atoms with E-state index in [1.165, 1.54) is 11.3 Å².